The molecule has 0 heterocycles. The summed E-state index contributed by atoms with van der Waals surface area (Å²) in [6.45, 7) is 3.75. The van der Waals surface area contributed by atoms with E-state index in [-0.39, 0.29) is 0 Å². The highest BCUT2D eigenvalue weighted by molar-refractivity contribution is 8.02. The third-order valence-electron chi connectivity index (χ3n) is 0.746. The molecule has 0 aliphatic heterocycles. The summed E-state index contributed by atoms with van der Waals surface area (Å²) < 4.78 is 0. The standard InChI is InChI=1S/C6H10ClNS/c1-5(9-3)4-8-6(2)7/h4H,1-3H3/b5-4-,8-6+. The summed E-state index contributed by atoms with van der Waals surface area (Å²) in [4.78, 5) is 5.06. The van der Waals surface area contributed by atoms with Crippen molar-refractivity contribution in [2.24, 2.45) is 4.99 Å². The average molecular weight is 164 g/mol. The zero-order valence-electron chi connectivity index (χ0n) is 5.81. The minimum atomic E-state index is 0.573. The molecule has 0 N–H and O–H groups in total. The summed E-state index contributed by atoms with van der Waals surface area (Å²) in [6, 6.07) is 0. The van der Waals surface area contributed by atoms with Gasteiger partial charge < -0.3 is 0 Å². The SMILES string of the molecule is CS/C(C)=C\N=C(/C)Cl. The van der Waals surface area contributed by atoms with E-state index in [1.165, 1.54) is 0 Å². The van der Waals surface area contributed by atoms with Crippen molar-refractivity contribution in [1.29, 1.82) is 0 Å². The molecule has 0 saturated heterocycles. The van der Waals surface area contributed by atoms with Crippen LogP contribution in [0.2, 0.25) is 0 Å². The van der Waals surface area contributed by atoms with Crippen LogP contribution >= 0.6 is 23.4 Å². The van der Waals surface area contributed by atoms with E-state index in [2.05, 4.69) is 4.99 Å². The first-order valence-corrected chi connectivity index (χ1v) is 4.17. The van der Waals surface area contributed by atoms with Gasteiger partial charge in [-0.25, -0.2) is 4.99 Å². The Labute approximate surface area is 65.2 Å². The Morgan fingerprint density at radius 3 is 2.44 bits per heavy atom. The van der Waals surface area contributed by atoms with Gasteiger partial charge in [-0.1, -0.05) is 11.6 Å². The van der Waals surface area contributed by atoms with Crippen molar-refractivity contribution in [1.82, 2.24) is 0 Å². The van der Waals surface area contributed by atoms with Gasteiger partial charge in [-0.2, -0.15) is 0 Å². The molecular weight excluding hydrogens is 154 g/mol. The van der Waals surface area contributed by atoms with Gasteiger partial charge in [0.25, 0.3) is 0 Å². The van der Waals surface area contributed by atoms with E-state index in [4.69, 9.17) is 11.6 Å². The van der Waals surface area contributed by atoms with Crippen LogP contribution in [0, 0.1) is 0 Å². The lowest BCUT2D eigenvalue weighted by Gasteiger charge is -1.88. The lowest BCUT2D eigenvalue weighted by molar-refractivity contribution is 1.50. The smallest absolute Gasteiger partial charge is 0.103 e. The number of allylic oxidation sites excluding steroid dienone is 1. The normalized spacial score (nSPS) is 14.2. The summed E-state index contributed by atoms with van der Waals surface area (Å²) >= 11 is 7.14. The number of hydrogen-bond donors (Lipinski definition) is 0. The van der Waals surface area contributed by atoms with Crippen molar-refractivity contribution in [2.45, 2.75) is 13.8 Å². The third-order valence-corrected chi connectivity index (χ3v) is 1.59. The van der Waals surface area contributed by atoms with Crippen molar-refractivity contribution >= 4 is 28.5 Å². The van der Waals surface area contributed by atoms with Gasteiger partial charge in [-0.3, -0.25) is 0 Å². The molecule has 0 aromatic rings. The second-order valence-corrected chi connectivity index (χ2v) is 3.17. The highest BCUT2D eigenvalue weighted by Gasteiger charge is 1.80. The van der Waals surface area contributed by atoms with Crippen LogP contribution in [0.5, 0.6) is 0 Å². The lowest BCUT2D eigenvalue weighted by Crippen LogP contribution is -1.71. The van der Waals surface area contributed by atoms with Crippen LogP contribution in [0.1, 0.15) is 13.8 Å². The maximum atomic E-state index is 5.47. The molecule has 0 fully saturated rings. The summed E-state index contributed by atoms with van der Waals surface area (Å²) in [5.41, 5.74) is 0. The number of halogens is 1. The number of thioether (sulfide) groups is 1. The van der Waals surface area contributed by atoms with Gasteiger partial charge in [0.15, 0.2) is 0 Å². The van der Waals surface area contributed by atoms with Gasteiger partial charge >= 0.3 is 0 Å². The van der Waals surface area contributed by atoms with Crippen molar-refractivity contribution in [2.75, 3.05) is 6.26 Å². The van der Waals surface area contributed by atoms with E-state index in [1.807, 2.05) is 13.2 Å². The zero-order valence-corrected chi connectivity index (χ0v) is 7.38. The molecule has 0 aromatic carbocycles. The molecule has 0 unspecified atom stereocenters. The second-order valence-electron chi connectivity index (χ2n) is 1.57. The predicted molar refractivity (Wildman–Crippen MR) is 46.2 cm³/mol. The lowest BCUT2D eigenvalue weighted by atomic mass is 10.7. The summed E-state index contributed by atoms with van der Waals surface area (Å²) in [6.07, 6.45) is 3.76. The minimum Gasteiger partial charge on any atom is -0.249 e. The molecule has 9 heavy (non-hydrogen) atoms. The van der Waals surface area contributed by atoms with Gasteiger partial charge in [-0.05, 0) is 25.0 Å². The first kappa shape index (κ1) is 9.05. The van der Waals surface area contributed by atoms with Crippen LogP contribution in [0.25, 0.3) is 0 Å². The molecule has 0 atom stereocenters. The molecule has 3 heteroatoms. The Bertz CT molecular complexity index is 136. The summed E-state index contributed by atoms with van der Waals surface area (Å²) in [5, 5.41) is 0.573. The molecule has 0 spiro atoms. The molecule has 0 aliphatic rings. The van der Waals surface area contributed by atoms with E-state index in [0.717, 1.165) is 4.91 Å². The fourth-order valence-electron chi connectivity index (χ4n) is 0.233. The first-order valence-electron chi connectivity index (χ1n) is 2.57. The van der Waals surface area contributed by atoms with Crippen LogP contribution in [0.4, 0.5) is 0 Å². The van der Waals surface area contributed by atoms with Crippen molar-refractivity contribution in [3.8, 4) is 0 Å². The Kier molecular flexibility index (Phi) is 4.91. The highest BCUT2D eigenvalue weighted by Crippen LogP contribution is 2.08. The third kappa shape index (κ3) is 5.93. The molecule has 1 nitrogen and oxygen atoms in total. The van der Waals surface area contributed by atoms with E-state index in [1.54, 1.807) is 24.9 Å². The van der Waals surface area contributed by atoms with E-state index in [9.17, 15) is 0 Å². The number of nitrogens with zero attached hydrogens (tertiary/aromatic N) is 1. The number of aliphatic imine (C=N–C) groups is 1. The van der Waals surface area contributed by atoms with Crippen LogP contribution < -0.4 is 0 Å². The summed E-state index contributed by atoms with van der Waals surface area (Å²) in [7, 11) is 0. The largest absolute Gasteiger partial charge is 0.249 e. The van der Waals surface area contributed by atoms with Crippen LogP contribution in [0.15, 0.2) is 16.1 Å². The maximum Gasteiger partial charge on any atom is 0.103 e. The Morgan fingerprint density at radius 1 is 1.56 bits per heavy atom. The monoisotopic (exact) mass is 163 g/mol. The van der Waals surface area contributed by atoms with Gasteiger partial charge in [0.1, 0.15) is 5.17 Å². The molecular formula is C6H10ClNS. The fraction of sp³-hybridized carbons (Fsp3) is 0.500. The van der Waals surface area contributed by atoms with E-state index in [0.29, 0.717) is 5.17 Å². The molecule has 0 rings (SSSR count). The maximum absolute atomic E-state index is 5.47. The molecule has 52 valence electrons. The fourth-order valence-corrected chi connectivity index (χ4v) is 0.439. The van der Waals surface area contributed by atoms with Crippen LogP contribution in [0.3, 0.4) is 0 Å². The molecule has 0 saturated carbocycles. The van der Waals surface area contributed by atoms with Gasteiger partial charge in [0, 0.05) is 6.20 Å². The Hall–Kier alpha value is 0.0500. The number of hydrogen-bond acceptors (Lipinski definition) is 2. The van der Waals surface area contributed by atoms with Crippen molar-refractivity contribution in [3.05, 3.63) is 11.1 Å². The minimum absolute atomic E-state index is 0.573. The van der Waals surface area contributed by atoms with Crippen LogP contribution in [-0.2, 0) is 0 Å². The molecule has 0 aromatic heterocycles. The Balaban J connectivity index is 3.83. The molecule has 0 bridgehead atoms. The Morgan fingerprint density at radius 2 is 2.11 bits per heavy atom. The molecule has 0 aliphatic carbocycles. The highest BCUT2D eigenvalue weighted by atomic mass is 35.5. The second kappa shape index (κ2) is 4.89. The van der Waals surface area contributed by atoms with E-state index < -0.39 is 0 Å². The van der Waals surface area contributed by atoms with Crippen molar-refractivity contribution in [3.63, 3.8) is 0 Å². The van der Waals surface area contributed by atoms with Gasteiger partial charge in [-0.15, -0.1) is 11.8 Å². The average Bonchev–Trinajstić information content (AvgIpc) is 1.83. The van der Waals surface area contributed by atoms with Gasteiger partial charge in [0.05, 0.1) is 0 Å². The van der Waals surface area contributed by atoms with Crippen molar-refractivity contribution < 1.29 is 0 Å². The zero-order chi connectivity index (χ0) is 7.28. The van der Waals surface area contributed by atoms with E-state index >= 15 is 0 Å². The quantitative estimate of drug-likeness (QED) is 0.571. The first-order chi connectivity index (χ1) is 4.16. The topological polar surface area (TPSA) is 12.4 Å². The van der Waals surface area contributed by atoms with Crippen LogP contribution in [-0.4, -0.2) is 11.4 Å². The number of rotatable bonds is 2. The van der Waals surface area contributed by atoms with Gasteiger partial charge in [0.2, 0.25) is 0 Å². The summed E-state index contributed by atoms with van der Waals surface area (Å²) in [5.74, 6) is 0. The molecule has 0 amide bonds. The molecule has 0 radical (unpaired) electrons. The predicted octanol–water partition coefficient (Wildman–Crippen LogP) is 2.87.